The minimum absolute atomic E-state index is 0.0350. The van der Waals surface area contributed by atoms with Crippen LogP contribution in [0.3, 0.4) is 0 Å². The van der Waals surface area contributed by atoms with Gasteiger partial charge in [0.1, 0.15) is 18.0 Å². The summed E-state index contributed by atoms with van der Waals surface area (Å²) in [4.78, 5) is 25.3. The lowest BCUT2D eigenvalue weighted by molar-refractivity contribution is -0.117. The van der Waals surface area contributed by atoms with Crippen molar-refractivity contribution in [1.82, 2.24) is 5.43 Å². The van der Waals surface area contributed by atoms with E-state index in [9.17, 15) is 14.0 Å². The lowest BCUT2D eigenvalue weighted by Gasteiger charge is -2.16. The van der Waals surface area contributed by atoms with Crippen molar-refractivity contribution in [3.05, 3.63) is 89.2 Å². The van der Waals surface area contributed by atoms with Crippen LogP contribution in [0.5, 0.6) is 17.2 Å². The van der Waals surface area contributed by atoms with E-state index in [4.69, 9.17) is 14.2 Å². The first-order chi connectivity index (χ1) is 16.0. The third-order valence-corrected chi connectivity index (χ3v) is 5.03. The van der Waals surface area contributed by atoms with Crippen molar-refractivity contribution in [3.8, 4) is 17.2 Å². The van der Waals surface area contributed by atoms with Crippen molar-refractivity contribution in [3.63, 3.8) is 0 Å². The van der Waals surface area contributed by atoms with Crippen molar-refractivity contribution in [2.24, 2.45) is 0 Å². The summed E-state index contributed by atoms with van der Waals surface area (Å²) in [5.74, 6) is -0.499. The number of hydrogen-bond donors (Lipinski definition) is 1. The van der Waals surface area contributed by atoms with E-state index in [2.05, 4.69) is 5.43 Å². The van der Waals surface area contributed by atoms with Crippen LogP contribution in [0.1, 0.15) is 11.1 Å². The fourth-order valence-electron chi connectivity index (χ4n) is 3.37. The number of para-hydroxylation sites is 1. The number of halogens is 1. The first kappa shape index (κ1) is 21.9. The summed E-state index contributed by atoms with van der Waals surface area (Å²) in [6.45, 7) is -0.0350. The van der Waals surface area contributed by atoms with Gasteiger partial charge in [-0.2, -0.15) is 0 Å². The second kappa shape index (κ2) is 9.44. The number of carbonyl (C=O) groups is 2. The molecular weight excluding hydrogens is 427 g/mol. The first-order valence-electron chi connectivity index (χ1n) is 10.1. The van der Waals surface area contributed by atoms with E-state index in [1.165, 1.54) is 31.4 Å². The highest BCUT2D eigenvalue weighted by Crippen LogP contribution is 2.40. The molecule has 0 bridgehead atoms. The Hall–Kier alpha value is -4.33. The van der Waals surface area contributed by atoms with E-state index < -0.39 is 11.8 Å². The van der Waals surface area contributed by atoms with Crippen LogP contribution in [0.15, 0.2) is 72.3 Å². The zero-order chi connectivity index (χ0) is 23.4. The highest BCUT2D eigenvalue weighted by molar-refractivity contribution is 6.31. The highest BCUT2D eigenvalue weighted by atomic mass is 19.1. The molecule has 4 rings (SSSR count). The van der Waals surface area contributed by atoms with Crippen LogP contribution >= 0.6 is 0 Å². The molecule has 0 radical (unpaired) electrons. The molecule has 0 spiro atoms. The summed E-state index contributed by atoms with van der Waals surface area (Å²) in [6.07, 6.45) is 1.45. The summed E-state index contributed by atoms with van der Waals surface area (Å²) in [5.41, 5.74) is 3.94. The Labute approximate surface area is 190 Å². The van der Waals surface area contributed by atoms with Gasteiger partial charge >= 0.3 is 0 Å². The topological polar surface area (TPSA) is 77.1 Å². The molecule has 0 aliphatic carbocycles. The minimum Gasteiger partial charge on any atom is -0.493 e. The third kappa shape index (κ3) is 4.50. The summed E-state index contributed by atoms with van der Waals surface area (Å²) >= 11 is 0. The molecule has 0 unspecified atom stereocenters. The molecule has 0 aromatic heterocycles. The molecular formula is C25H21FN2O5. The van der Waals surface area contributed by atoms with E-state index in [1.807, 2.05) is 6.07 Å². The zero-order valence-corrected chi connectivity index (χ0v) is 18.0. The molecule has 1 aliphatic heterocycles. The minimum atomic E-state index is -0.526. The van der Waals surface area contributed by atoms with Gasteiger partial charge in [0.25, 0.3) is 11.8 Å². The number of rotatable bonds is 7. The van der Waals surface area contributed by atoms with Crippen molar-refractivity contribution >= 4 is 23.6 Å². The molecule has 1 heterocycles. The zero-order valence-electron chi connectivity index (χ0n) is 18.0. The smallest absolute Gasteiger partial charge is 0.282 e. The summed E-state index contributed by atoms with van der Waals surface area (Å²) in [6, 6.07) is 18.3. The summed E-state index contributed by atoms with van der Waals surface area (Å²) < 4.78 is 30.6. The normalized spacial score (nSPS) is 14.4. The number of nitrogens with zero attached hydrogens (tertiary/aromatic N) is 1. The average molecular weight is 448 g/mol. The average Bonchev–Trinajstić information content (AvgIpc) is 3.12. The molecule has 1 aliphatic rings. The Balaban J connectivity index is 1.63. The number of nitrogens with one attached hydrogen (secondary N) is 1. The SMILES string of the molecule is COc1cc(/C=C2\C(=O)NN(c3ccccc3)C2=O)cc(OC)c1OCc1ccccc1F. The molecule has 8 heteroatoms. The van der Waals surface area contributed by atoms with E-state index in [0.717, 1.165) is 0 Å². The van der Waals surface area contributed by atoms with Gasteiger partial charge in [0.2, 0.25) is 5.75 Å². The molecule has 1 saturated heterocycles. The van der Waals surface area contributed by atoms with Crippen LogP contribution < -0.4 is 24.6 Å². The van der Waals surface area contributed by atoms with Gasteiger partial charge < -0.3 is 14.2 Å². The van der Waals surface area contributed by atoms with Crippen LogP contribution in [0, 0.1) is 5.82 Å². The molecule has 2 amide bonds. The predicted molar refractivity (Wildman–Crippen MR) is 120 cm³/mol. The molecule has 0 atom stereocenters. The molecule has 33 heavy (non-hydrogen) atoms. The van der Waals surface area contributed by atoms with Crippen LogP contribution in [-0.2, 0) is 16.2 Å². The fourth-order valence-corrected chi connectivity index (χ4v) is 3.37. The Morgan fingerprint density at radius 1 is 0.939 bits per heavy atom. The molecule has 7 nitrogen and oxygen atoms in total. The van der Waals surface area contributed by atoms with Crippen LogP contribution in [0.2, 0.25) is 0 Å². The van der Waals surface area contributed by atoms with Crippen molar-refractivity contribution in [1.29, 1.82) is 0 Å². The molecule has 168 valence electrons. The predicted octanol–water partition coefficient (Wildman–Crippen LogP) is 3.88. The number of ether oxygens (including phenoxy) is 3. The molecule has 0 saturated carbocycles. The highest BCUT2D eigenvalue weighted by Gasteiger charge is 2.34. The van der Waals surface area contributed by atoms with E-state index in [0.29, 0.717) is 28.3 Å². The maximum atomic E-state index is 14.0. The second-order valence-corrected chi connectivity index (χ2v) is 7.11. The van der Waals surface area contributed by atoms with Crippen molar-refractivity contribution < 1.29 is 28.2 Å². The fraction of sp³-hybridized carbons (Fsp3) is 0.120. The lowest BCUT2D eigenvalue weighted by atomic mass is 10.1. The van der Waals surface area contributed by atoms with Gasteiger partial charge in [-0.15, -0.1) is 0 Å². The number of amides is 2. The van der Waals surface area contributed by atoms with Crippen LogP contribution in [0.25, 0.3) is 6.08 Å². The number of hydrazine groups is 1. The lowest BCUT2D eigenvalue weighted by Crippen LogP contribution is -2.35. The molecule has 1 fully saturated rings. The first-order valence-corrected chi connectivity index (χ1v) is 10.1. The summed E-state index contributed by atoms with van der Waals surface area (Å²) in [5, 5.41) is 1.19. The van der Waals surface area contributed by atoms with Gasteiger partial charge in [-0.3, -0.25) is 15.0 Å². The van der Waals surface area contributed by atoms with Crippen molar-refractivity contribution in [2.45, 2.75) is 6.61 Å². The monoisotopic (exact) mass is 448 g/mol. The van der Waals surface area contributed by atoms with E-state index in [-0.39, 0.29) is 23.7 Å². The Morgan fingerprint density at radius 3 is 2.21 bits per heavy atom. The number of benzene rings is 3. The number of carbonyl (C=O) groups excluding carboxylic acids is 2. The standard InChI is InChI=1S/C25H21FN2O5/c1-31-21-13-16(12-19-24(29)27-28(25(19)30)18-9-4-3-5-10-18)14-22(32-2)23(21)33-15-17-8-6-7-11-20(17)26/h3-14H,15H2,1-2H3,(H,27,29)/b19-12+. The Kier molecular flexibility index (Phi) is 6.26. The van der Waals surface area contributed by atoms with Crippen LogP contribution in [-0.4, -0.2) is 26.0 Å². The van der Waals surface area contributed by atoms with Gasteiger partial charge in [-0.05, 0) is 42.0 Å². The largest absolute Gasteiger partial charge is 0.493 e. The quantitative estimate of drug-likeness (QED) is 0.439. The molecule has 3 aromatic rings. The van der Waals surface area contributed by atoms with Crippen molar-refractivity contribution in [2.75, 3.05) is 19.2 Å². The summed E-state index contributed by atoms with van der Waals surface area (Å²) in [7, 11) is 2.90. The van der Waals surface area contributed by atoms with Gasteiger partial charge in [0.05, 0.1) is 19.9 Å². The second-order valence-electron chi connectivity index (χ2n) is 7.11. The van der Waals surface area contributed by atoms with Gasteiger partial charge in [-0.25, -0.2) is 9.40 Å². The van der Waals surface area contributed by atoms with Gasteiger partial charge in [0.15, 0.2) is 11.5 Å². The molecule has 3 aromatic carbocycles. The van der Waals surface area contributed by atoms with Gasteiger partial charge in [0, 0.05) is 5.56 Å². The van der Waals surface area contributed by atoms with Crippen LogP contribution in [0.4, 0.5) is 10.1 Å². The Bertz CT molecular complexity index is 1200. The number of hydrogen-bond acceptors (Lipinski definition) is 5. The van der Waals surface area contributed by atoms with E-state index >= 15 is 0 Å². The number of methoxy groups -OCH3 is 2. The van der Waals surface area contributed by atoms with E-state index in [1.54, 1.807) is 54.6 Å². The maximum absolute atomic E-state index is 14.0. The Morgan fingerprint density at radius 2 is 1.58 bits per heavy atom. The molecule has 1 N–H and O–H groups in total. The van der Waals surface area contributed by atoms with Gasteiger partial charge in [-0.1, -0.05) is 36.4 Å². The maximum Gasteiger partial charge on any atom is 0.282 e. The number of anilines is 1. The third-order valence-electron chi connectivity index (χ3n) is 5.03.